The topological polar surface area (TPSA) is 108 Å². The number of hydrogen-bond donors (Lipinski definition) is 2. The zero-order valence-corrected chi connectivity index (χ0v) is 57.6. The van der Waals surface area contributed by atoms with E-state index in [1.54, 1.807) is 6.08 Å². The average molecular weight is 1190 g/mol. The summed E-state index contributed by atoms with van der Waals surface area (Å²) in [5.74, 6) is -0.189. The number of amides is 1. The third-order valence-corrected chi connectivity index (χ3v) is 18.4. The van der Waals surface area contributed by atoms with E-state index in [1.807, 2.05) is 27.2 Å². The number of unbranched alkanes of at least 4 members (excludes halogenated alkanes) is 55. The standard InChI is InChI=1S/C74H147N2O6P/c1-6-8-10-12-14-16-18-20-22-24-26-28-30-32-33-34-35-36-37-38-39-40-41-42-43-44-46-48-50-52-54-56-58-60-62-64-66-68-74(78)75-72(71-82-83(79,80)81-70-69-76(3,4)5)73(77)67-65-63-61-59-57-55-53-51-49-47-45-31-29-27-25-23-21-19-17-15-13-11-9-7-2/h36-37,65,67,72-73,77H,6-35,38-64,66,68-71H2,1-5H3,(H-,75,78,79,80)/b37-36-,67-65+. The maximum Gasteiger partial charge on any atom is 0.268 e. The average Bonchev–Trinajstić information content (AvgIpc) is 3.50. The minimum atomic E-state index is -4.60. The molecule has 83 heavy (non-hydrogen) atoms. The number of nitrogens with one attached hydrogen (secondary N) is 1. The van der Waals surface area contributed by atoms with Crippen molar-refractivity contribution in [1.82, 2.24) is 5.32 Å². The van der Waals surface area contributed by atoms with Crippen LogP contribution in [0.4, 0.5) is 0 Å². The molecule has 0 aliphatic heterocycles. The van der Waals surface area contributed by atoms with Crippen LogP contribution >= 0.6 is 7.82 Å². The number of aliphatic hydroxyl groups is 1. The molecule has 0 rings (SSSR count). The highest BCUT2D eigenvalue weighted by Gasteiger charge is 2.23. The van der Waals surface area contributed by atoms with Crippen molar-refractivity contribution in [2.24, 2.45) is 0 Å². The fourth-order valence-electron chi connectivity index (χ4n) is 11.6. The van der Waals surface area contributed by atoms with Crippen LogP contribution in [-0.4, -0.2) is 68.5 Å². The van der Waals surface area contributed by atoms with Crippen LogP contribution in [0.15, 0.2) is 24.3 Å². The van der Waals surface area contributed by atoms with Crippen LogP contribution in [0.5, 0.6) is 0 Å². The van der Waals surface area contributed by atoms with Crippen molar-refractivity contribution in [3.8, 4) is 0 Å². The first-order valence-electron chi connectivity index (χ1n) is 37.2. The van der Waals surface area contributed by atoms with Crippen LogP contribution in [0, 0.1) is 0 Å². The number of phosphoric acid groups is 1. The molecule has 0 heterocycles. The zero-order valence-electron chi connectivity index (χ0n) is 56.7. The largest absolute Gasteiger partial charge is 0.756 e. The van der Waals surface area contributed by atoms with Crippen LogP contribution in [0.1, 0.15) is 393 Å². The van der Waals surface area contributed by atoms with Gasteiger partial charge in [-0.15, -0.1) is 0 Å². The van der Waals surface area contributed by atoms with E-state index >= 15 is 0 Å². The molecule has 0 aliphatic rings. The second-order valence-corrected chi connectivity index (χ2v) is 28.4. The summed E-state index contributed by atoms with van der Waals surface area (Å²) in [5, 5.41) is 14.0. The van der Waals surface area contributed by atoms with Crippen molar-refractivity contribution in [2.45, 2.75) is 405 Å². The first kappa shape index (κ1) is 82.0. The Kier molecular flexibility index (Phi) is 64.6. The van der Waals surface area contributed by atoms with Crippen LogP contribution < -0.4 is 10.2 Å². The number of nitrogens with zero attached hydrogens (tertiary/aromatic N) is 1. The van der Waals surface area contributed by atoms with Gasteiger partial charge >= 0.3 is 0 Å². The maximum absolute atomic E-state index is 13.0. The van der Waals surface area contributed by atoms with Crippen molar-refractivity contribution < 1.29 is 32.9 Å². The number of carbonyl (C=O) groups excluding carboxylic acids is 1. The molecular formula is C74H147N2O6P. The molecule has 1 amide bonds. The Hall–Kier alpha value is -1.02. The number of carbonyl (C=O) groups is 1. The van der Waals surface area contributed by atoms with Crippen molar-refractivity contribution in [2.75, 3.05) is 40.9 Å². The lowest BCUT2D eigenvalue weighted by Gasteiger charge is -2.29. The number of aliphatic hydroxyl groups excluding tert-OH is 1. The van der Waals surface area contributed by atoms with Gasteiger partial charge in [0, 0.05) is 6.42 Å². The molecule has 0 aromatic heterocycles. The summed E-state index contributed by atoms with van der Waals surface area (Å²) in [4.78, 5) is 25.6. The molecule has 0 bridgehead atoms. The molecule has 3 unspecified atom stereocenters. The third kappa shape index (κ3) is 68.3. The van der Waals surface area contributed by atoms with Crippen molar-refractivity contribution in [3.05, 3.63) is 24.3 Å². The Morgan fingerprint density at radius 2 is 0.663 bits per heavy atom. The smallest absolute Gasteiger partial charge is 0.268 e. The van der Waals surface area contributed by atoms with Crippen LogP contribution in [0.2, 0.25) is 0 Å². The summed E-state index contributed by atoms with van der Waals surface area (Å²) in [6.45, 7) is 4.72. The molecule has 0 radical (unpaired) electrons. The summed E-state index contributed by atoms with van der Waals surface area (Å²) in [6, 6.07) is -0.886. The van der Waals surface area contributed by atoms with E-state index in [-0.39, 0.29) is 19.1 Å². The molecule has 9 heteroatoms. The van der Waals surface area contributed by atoms with E-state index in [4.69, 9.17) is 9.05 Å². The Bertz CT molecular complexity index is 1400. The molecular weight excluding hydrogens is 1040 g/mol. The SMILES string of the molecule is CCCCCCCCCCCCCCCCCC/C=C\CCCCCCCCCCCCCCCCCCCC(=O)NC(COP(=O)([O-])OCC[N+](C)(C)C)C(O)/C=C/CCCCCCCCCCCCCCCCCCCCCCCC. The Balaban J connectivity index is 3.96. The molecule has 8 nitrogen and oxygen atoms in total. The molecule has 0 aromatic carbocycles. The van der Waals surface area contributed by atoms with Gasteiger partial charge < -0.3 is 28.8 Å². The molecule has 0 saturated heterocycles. The fourth-order valence-corrected chi connectivity index (χ4v) is 12.3. The van der Waals surface area contributed by atoms with Gasteiger partial charge in [-0.05, 0) is 44.9 Å². The van der Waals surface area contributed by atoms with E-state index < -0.39 is 20.0 Å². The molecule has 0 spiro atoms. The van der Waals surface area contributed by atoms with Gasteiger partial charge in [0.05, 0.1) is 39.9 Å². The second-order valence-electron chi connectivity index (χ2n) is 27.0. The predicted molar refractivity (Wildman–Crippen MR) is 362 cm³/mol. The quantitative estimate of drug-likeness (QED) is 0.0272. The minimum Gasteiger partial charge on any atom is -0.756 e. The van der Waals surface area contributed by atoms with Crippen LogP contribution in [0.25, 0.3) is 0 Å². The van der Waals surface area contributed by atoms with Gasteiger partial charge in [-0.2, -0.15) is 0 Å². The number of allylic oxidation sites excluding steroid dienone is 3. The van der Waals surface area contributed by atoms with Gasteiger partial charge in [-0.25, -0.2) is 0 Å². The number of quaternary nitrogens is 1. The van der Waals surface area contributed by atoms with Gasteiger partial charge in [0.25, 0.3) is 7.82 Å². The van der Waals surface area contributed by atoms with Gasteiger partial charge in [0.2, 0.25) is 5.91 Å². The summed E-state index contributed by atoms with van der Waals surface area (Å²) in [6.07, 6.45) is 86.1. The van der Waals surface area contributed by atoms with E-state index in [0.29, 0.717) is 17.4 Å². The lowest BCUT2D eigenvalue weighted by atomic mass is 10.0. The highest BCUT2D eigenvalue weighted by molar-refractivity contribution is 7.45. The van der Waals surface area contributed by atoms with Gasteiger partial charge in [-0.1, -0.05) is 366 Å². The van der Waals surface area contributed by atoms with Crippen LogP contribution in [-0.2, 0) is 18.4 Å². The highest BCUT2D eigenvalue weighted by Crippen LogP contribution is 2.38. The van der Waals surface area contributed by atoms with Crippen molar-refractivity contribution in [3.63, 3.8) is 0 Å². The Labute approximate surface area is 519 Å². The van der Waals surface area contributed by atoms with Crippen molar-refractivity contribution in [1.29, 1.82) is 0 Å². The molecule has 0 aromatic rings. The molecule has 494 valence electrons. The van der Waals surface area contributed by atoms with Crippen molar-refractivity contribution >= 4 is 13.7 Å². The van der Waals surface area contributed by atoms with Gasteiger partial charge in [0.15, 0.2) is 0 Å². The Morgan fingerprint density at radius 3 is 0.940 bits per heavy atom. The molecule has 0 aliphatic carbocycles. The minimum absolute atomic E-state index is 0.00181. The number of hydrogen-bond acceptors (Lipinski definition) is 6. The fraction of sp³-hybridized carbons (Fsp3) is 0.932. The second kappa shape index (κ2) is 65.4. The normalized spacial score (nSPS) is 13.7. The summed E-state index contributed by atoms with van der Waals surface area (Å²) >= 11 is 0. The third-order valence-electron chi connectivity index (χ3n) is 17.4. The lowest BCUT2D eigenvalue weighted by molar-refractivity contribution is -0.870. The monoisotopic (exact) mass is 1190 g/mol. The Morgan fingerprint density at radius 1 is 0.410 bits per heavy atom. The lowest BCUT2D eigenvalue weighted by Crippen LogP contribution is -2.45. The van der Waals surface area contributed by atoms with Gasteiger partial charge in [0.1, 0.15) is 13.2 Å². The van der Waals surface area contributed by atoms with Gasteiger partial charge in [-0.3, -0.25) is 9.36 Å². The number of likely N-dealkylation sites (N-methyl/N-ethyl adjacent to an activating group) is 1. The summed E-state index contributed by atoms with van der Waals surface area (Å²) in [5.41, 5.74) is 0. The van der Waals surface area contributed by atoms with E-state index in [1.165, 1.54) is 334 Å². The predicted octanol–water partition coefficient (Wildman–Crippen LogP) is 23.2. The maximum atomic E-state index is 13.0. The molecule has 2 N–H and O–H groups in total. The first-order chi connectivity index (χ1) is 40.5. The van der Waals surface area contributed by atoms with E-state index in [0.717, 1.165) is 38.5 Å². The number of rotatable bonds is 70. The van der Waals surface area contributed by atoms with E-state index in [9.17, 15) is 19.4 Å². The molecule has 3 atom stereocenters. The first-order valence-corrected chi connectivity index (χ1v) is 38.7. The zero-order chi connectivity index (χ0) is 60.5. The summed E-state index contributed by atoms with van der Waals surface area (Å²) in [7, 11) is 1.28. The number of phosphoric ester groups is 1. The highest BCUT2D eigenvalue weighted by atomic mass is 31.2. The van der Waals surface area contributed by atoms with Crippen LogP contribution in [0.3, 0.4) is 0 Å². The molecule has 0 saturated carbocycles. The summed E-state index contributed by atoms with van der Waals surface area (Å²) < 4.78 is 23.5. The molecule has 0 fully saturated rings. The van der Waals surface area contributed by atoms with E-state index in [2.05, 4.69) is 31.3 Å².